The van der Waals surface area contributed by atoms with E-state index in [1.807, 2.05) is 42.7 Å². The highest BCUT2D eigenvalue weighted by Gasteiger charge is 2.18. The van der Waals surface area contributed by atoms with E-state index < -0.39 is 6.04 Å². The van der Waals surface area contributed by atoms with Crippen LogP contribution in [0, 0.1) is 11.3 Å². The zero-order chi connectivity index (χ0) is 15.5. The molecule has 0 spiro atoms. The molecule has 0 aliphatic heterocycles. The Labute approximate surface area is 134 Å². The predicted molar refractivity (Wildman–Crippen MR) is 91.2 cm³/mol. The van der Waals surface area contributed by atoms with Crippen LogP contribution in [0.4, 0.5) is 5.69 Å². The molecule has 0 saturated heterocycles. The number of carbonyl (C=O) groups excluding carboxylic acids is 1. The van der Waals surface area contributed by atoms with Gasteiger partial charge in [0.1, 0.15) is 6.04 Å². The fourth-order valence-corrected chi connectivity index (χ4v) is 2.39. The number of nitrogens with one attached hydrogen (secondary N) is 3. The molecule has 1 atom stereocenters. The van der Waals surface area contributed by atoms with Gasteiger partial charge in [0.2, 0.25) is 5.91 Å². The number of hydrogen-bond donors (Lipinski definition) is 3. The van der Waals surface area contributed by atoms with E-state index >= 15 is 0 Å². The minimum atomic E-state index is -0.428. The summed E-state index contributed by atoms with van der Waals surface area (Å²) in [4.78, 5) is 12.0. The van der Waals surface area contributed by atoms with Crippen molar-refractivity contribution in [1.29, 1.82) is 5.26 Å². The lowest BCUT2D eigenvalue weighted by atomic mass is 10.3. The second kappa shape index (κ2) is 10.0. The van der Waals surface area contributed by atoms with Crippen LogP contribution in [0.3, 0.4) is 0 Å². The van der Waals surface area contributed by atoms with Crippen LogP contribution in [0.15, 0.2) is 30.3 Å². The summed E-state index contributed by atoms with van der Waals surface area (Å²) in [6.07, 6.45) is 2.22. The molecule has 1 amide bonds. The zero-order valence-corrected chi connectivity index (χ0v) is 13.4. The molecule has 21 heavy (non-hydrogen) atoms. The van der Waals surface area contributed by atoms with Gasteiger partial charge in [0, 0.05) is 18.0 Å². The van der Waals surface area contributed by atoms with Crippen LogP contribution >= 0.6 is 24.0 Å². The van der Waals surface area contributed by atoms with E-state index in [-0.39, 0.29) is 5.91 Å². The molecule has 3 N–H and O–H groups in total. The molecule has 112 valence electrons. The summed E-state index contributed by atoms with van der Waals surface area (Å²) in [5.74, 6) is 0.437. The first-order chi connectivity index (χ1) is 10.2. The maximum absolute atomic E-state index is 12.0. The molecule has 1 aromatic carbocycles. The van der Waals surface area contributed by atoms with Gasteiger partial charge in [0.25, 0.3) is 0 Å². The molecule has 0 bridgehead atoms. The summed E-state index contributed by atoms with van der Waals surface area (Å²) in [6.45, 7) is 0.348. The first-order valence-corrected chi connectivity index (χ1v) is 8.23. The van der Waals surface area contributed by atoms with Crippen molar-refractivity contribution in [1.82, 2.24) is 10.6 Å². The van der Waals surface area contributed by atoms with E-state index in [1.165, 1.54) is 0 Å². The zero-order valence-electron chi connectivity index (χ0n) is 11.8. The Morgan fingerprint density at radius 3 is 2.76 bits per heavy atom. The highest BCUT2D eigenvalue weighted by atomic mass is 32.2. The SMILES string of the molecule is CSCC(NC(=S)Nc1ccccc1)C(=O)NCCC#N. The largest absolute Gasteiger partial charge is 0.353 e. The first-order valence-electron chi connectivity index (χ1n) is 6.43. The minimum Gasteiger partial charge on any atom is -0.353 e. The molecule has 0 saturated carbocycles. The van der Waals surface area contributed by atoms with E-state index in [0.29, 0.717) is 23.8 Å². The normalized spacial score (nSPS) is 11.0. The summed E-state index contributed by atoms with van der Waals surface area (Å²) in [7, 11) is 0. The summed E-state index contributed by atoms with van der Waals surface area (Å²) >= 11 is 6.77. The van der Waals surface area contributed by atoms with Crippen LogP contribution in [-0.2, 0) is 4.79 Å². The number of benzene rings is 1. The maximum atomic E-state index is 12.0. The van der Waals surface area contributed by atoms with E-state index in [4.69, 9.17) is 17.5 Å². The maximum Gasteiger partial charge on any atom is 0.243 e. The van der Waals surface area contributed by atoms with Crippen molar-refractivity contribution in [2.45, 2.75) is 12.5 Å². The molecule has 1 aromatic rings. The average molecular weight is 322 g/mol. The van der Waals surface area contributed by atoms with E-state index in [2.05, 4.69) is 16.0 Å². The number of thiocarbonyl (C=S) groups is 1. The molecule has 0 fully saturated rings. The highest BCUT2D eigenvalue weighted by Crippen LogP contribution is 2.05. The van der Waals surface area contributed by atoms with Gasteiger partial charge in [-0.05, 0) is 30.6 Å². The Kier molecular flexibility index (Phi) is 8.24. The third-order valence-corrected chi connectivity index (χ3v) is 3.41. The molecule has 5 nitrogen and oxygen atoms in total. The monoisotopic (exact) mass is 322 g/mol. The Hall–Kier alpha value is -1.78. The molecular weight excluding hydrogens is 304 g/mol. The number of para-hydroxylation sites is 1. The second-order valence-electron chi connectivity index (χ2n) is 4.17. The second-order valence-corrected chi connectivity index (χ2v) is 5.49. The lowest BCUT2D eigenvalue weighted by molar-refractivity contribution is -0.122. The minimum absolute atomic E-state index is 0.156. The average Bonchev–Trinajstić information content (AvgIpc) is 2.48. The number of hydrogen-bond acceptors (Lipinski definition) is 4. The number of rotatable bonds is 7. The summed E-state index contributed by atoms with van der Waals surface area (Å²) in [5.41, 5.74) is 0.864. The van der Waals surface area contributed by atoms with E-state index in [0.717, 1.165) is 5.69 Å². The summed E-state index contributed by atoms with van der Waals surface area (Å²) in [5, 5.41) is 17.6. The topological polar surface area (TPSA) is 76.9 Å². The number of carbonyl (C=O) groups is 1. The Bertz CT molecular complexity index is 501. The number of amides is 1. The quantitative estimate of drug-likeness (QED) is 0.524. The Balaban J connectivity index is 2.51. The Morgan fingerprint density at radius 2 is 2.14 bits per heavy atom. The van der Waals surface area contributed by atoms with Crippen molar-refractivity contribution in [3.63, 3.8) is 0 Å². The molecule has 1 unspecified atom stereocenters. The van der Waals surface area contributed by atoms with Crippen molar-refractivity contribution in [3.8, 4) is 6.07 Å². The van der Waals surface area contributed by atoms with Crippen molar-refractivity contribution in [3.05, 3.63) is 30.3 Å². The van der Waals surface area contributed by atoms with Gasteiger partial charge in [0.05, 0.1) is 12.5 Å². The predicted octanol–water partition coefficient (Wildman–Crippen LogP) is 1.73. The van der Waals surface area contributed by atoms with Gasteiger partial charge in [-0.15, -0.1) is 0 Å². The number of thioether (sulfide) groups is 1. The fourth-order valence-electron chi connectivity index (χ4n) is 1.56. The third-order valence-electron chi connectivity index (χ3n) is 2.52. The van der Waals surface area contributed by atoms with Crippen molar-refractivity contribution in [2.75, 3.05) is 23.9 Å². The van der Waals surface area contributed by atoms with Gasteiger partial charge < -0.3 is 16.0 Å². The molecule has 0 radical (unpaired) electrons. The van der Waals surface area contributed by atoms with Crippen LogP contribution in [0.25, 0.3) is 0 Å². The van der Waals surface area contributed by atoms with Gasteiger partial charge in [0.15, 0.2) is 5.11 Å². The molecule has 0 aliphatic rings. The number of anilines is 1. The molecule has 0 aliphatic carbocycles. The highest BCUT2D eigenvalue weighted by molar-refractivity contribution is 7.98. The molecular formula is C14H18N4OS2. The third kappa shape index (κ3) is 6.97. The molecule has 7 heteroatoms. The fraction of sp³-hybridized carbons (Fsp3) is 0.357. The van der Waals surface area contributed by atoms with Crippen LogP contribution in [0.5, 0.6) is 0 Å². The molecule has 1 rings (SSSR count). The number of nitrogens with zero attached hydrogens (tertiary/aromatic N) is 1. The van der Waals surface area contributed by atoms with Crippen molar-refractivity contribution < 1.29 is 4.79 Å². The smallest absolute Gasteiger partial charge is 0.243 e. The van der Waals surface area contributed by atoms with Gasteiger partial charge in [-0.1, -0.05) is 18.2 Å². The lowest BCUT2D eigenvalue weighted by Crippen LogP contribution is -2.49. The van der Waals surface area contributed by atoms with Crippen LogP contribution < -0.4 is 16.0 Å². The van der Waals surface area contributed by atoms with Crippen molar-refractivity contribution >= 4 is 40.7 Å². The number of nitriles is 1. The standard InChI is InChI=1S/C14H18N4OS2/c1-21-10-12(13(19)16-9-5-8-15)18-14(20)17-11-6-3-2-4-7-11/h2-4,6-7,12H,5,9-10H2,1H3,(H,16,19)(H2,17,18,20). The van der Waals surface area contributed by atoms with Crippen molar-refractivity contribution in [2.24, 2.45) is 0 Å². The summed E-state index contributed by atoms with van der Waals surface area (Å²) < 4.78 is 0. The summed E-state index contributed by atoms with van der Waals surface area (Å²) in [6, 6.07) is 11.1. The van der Waals surface area contributed by atoms with Crippen LogP contribution in [-0.4, -0.2) is 35.6 Å². The van der Waals surface area contributed by atoms with E-state index in [9.17, 15) is 4.79 Å². The lowest BCUT2D eigenvalue weighted by Gasteiger charge is -2.19. The Morgan fingerprint density at radius 1 is 1.43 bits per heavy atom. The molecule has 0 heterocycles. The van der Waals surface area contributed by atoms with Gasteiger partial charge in [-0.25, -0.2) is 0 Å². The van der Waals surface area contributed by atoms with E-state index in [1.54, 1.807) is 11.8 Å². The van der Waals surface area contributed by atoms with Gasteiger partial charge in [-0.3, -0.25) is 4.79 Å². The van der Waals surface area contributed by atoms with Gasteiger partial charge >= 0.3 is 0 Å². The van der Waals surface area contributed by atoms with Gasteiger partial charge in [-0.2, -0.15) is 17.0 Å². The van der Waals surface area contributed by atoms with Crippen LogP contribution in [0.2, 0.25) is 0 Å². The first kappa shape index (κ1) is 17.3. The molecule has 0 aromatic heterocycles. The van der Waals surface area contributed by atoms with Crippen LogP contribution in [0.1, 0.15) is 6.42 Å².